The van der Waals surface area contributed by atoms with Crippen LogP contribution in [0.1, 0.15) is 24.1 Å². The van der Waals surface area contributed by atoms with Gasteiger partial charge in [0, 0.05) is 17.1 Å². The first-order valence-electron chi connectivity index (χ1n) is 7.00. The van der Waals surface area contributed by atoms with E-state index in [0.717, 1.165) is 16.8 Å². The van der Waals surface area contributed by atoms with Crippen LogP contribution in [0.3, 0.4) is 0 Å². The molecule has 0 aliphatic heterocycles. The Labute approximate surface area is 135 Å². The van der Waals surface area contributed by atoms with Crippen molar-refractivity contribution in [3.63, 3.8) is 0 Å². The summed E-state index contributed by atoms with van der Waals surface area (Å²) in [5.41, 5.74) is 2.51. The van der Waals surface area contributed by atoms with Gasteiger partial charge >= 0.3 is 0 Å². The number of nitrogens with one attached hydrogen (secondary N) is 1. The Hall–Kier alpha value is -1.58. The summed E-state index contributed by atoms with van der Waals surface area (Å²) < 4.78 is 6.58. The summed E-state index contributed by atoms with van der Waals surface area (Å²) in [5, 5.41) is 3.53. The topological polar surface area (TPSA) is 21.3 Å². The van der Waals surface area contributed by atoms with Crippen molar-refractivity contribution in [2.24, 2.45) is 0 Å². The number of rotatable bonds is 7. The average molecular weight is 346 g/mol. The zero-order valence-corrected chi connectivity index (χ0v) is 13.8. The molecule has 2 rings (SSSR count). The molecule has 0 aliphatic rings. The summed E-state index contributed by atoms with van der Waals surface area (Å²) >= 11 is 3.51. The monoisotopic (exact) mass is 345 g/mol. The molecule has 0 saturated carbocycles. The predicted molar refractivity (Wildman–Crippen MR) is 91.5 cm³/mol. The highest BCUT2D eigenvalue weighted by molar-refractivity contribution is 9.10. The van der Waals surface area contributed by atoms with E-state index in [1.54, 1.807) is 6.08 Å². The van der Waals surface area contributed by atoms with E-state index in [-0.39, 0.29) is 0 Å². The molecule has 0 heterocycles. The number of hydrogen-bond acceptors (Lipinski definition) is 2. The first-order chi connectivity index (χ1) is 10.2. The molecule has 0 bridgehead atoms. The summed E-state index contributed by atoms with van der Waals surface area (Å²) in [6.07, 6.45) is 1.75. The van der Waals surface area contributed by atoms with Crippen LogP contribution < -0.4 is 10.1 Å². The van der Waals surface area contributed by atoms with Crippen LogP contribution in [0.5, 0.6) is 5.75 Å². The SMILES string of the molecule is C=CCOc1ccc(CNC(C)c2cccc(Br)c2)cc1. The van der Waals surface area contributed by atoms with Crippen LogP contribution in [0.25, 0.3) is 0 Å². The molecule has 1 unspecified atom stereocenters. The normalized spacial score (nSPS) is 11.9. The molecule has 2 aromatic rings. The molecule has 0 aromatic heterocycles. The van der Waals surface area contributed by atoms with Crippen LogP contribution >= 0.6 is 15.9 Å². The fourth-order valence-corrected chi connectivity index (χ4v) is 2.44. The largest absolute Gasteiger partial charge is 0.490 e. The highest BCUT2D eigenvalue weighted by Crippen LogP contribution is 2.19. The molecule has 2 aromatic carbocycles. The first-order valence-corrected chi connectivity index (χ1v) is 7.80. The maximum atomic E-state index is 5.47. The number of benzene rings is 2. The Balaban J connectivity index is 1.89. The molecule has 21 heavy (non-hydrogen) atoms. The van der Waals surface area contributed by atoms with E-state index in [4.69, 9.17) is 4.74 Å². The third kappa shape index (κ3) is 5.03. The molecule has 110 valence electrons. The van der Waals surface area contributed by atoms with E-state index < -0.39 is 0 Å². The van der Waals surface area contributed by atoms with E-state index in [1.165, 1.54) is 11.1 Å². The lowest BCUT2D eigenvalue weighted by molar-refractivity contribution is 0.363. The van der Waals surface area contributed by atoms with Gasteiger partial charge in [0.2, 0.25) is 0 Å². The summed E-state index contributed by atoms with van der Waals surface area (Å²) in [4.78, 5) is 0. The van der Waals surface area contributed by atoms with Gasteiger partial charge in [-0.3, -0.25) is 0 Å². The van der Waals surface area contributed by atoms with Gasteiger partial charge in [-0.2, -0.15) is 0 Å². The molecule has 2 nitrogen and oxygen atoms in total. The second kappa shape index (κ2) is 8.01. The third-order valence-electron chi connectivity index (χ3n) is 3.25. The van der Waals surface area contributed by atoms with Crippen molar-refractivity contribution in [1.82, 2.24) is 5.32 Å². The van der Waals surface area contributed by atoms with Gasteiger partial charge in [0.05, 0.1) is 0 Å². The average Bonchev–Trinajstić information content (AvgIpc) is 2.51. The molecule has 3 heteroatoms. The smallest absolute Gasteiger partial charge is 0.119 e. The lowest BCUT2D eigenvalue weighted by Gasteiger charge is -2.15. The Morgan fingerprint density at radius 3 is 2.67 bits per heavy atom. The van der Waals surface area contributed by atoms with Gasteiger partial charge < -0.3 is 10.1 Å². The number of halogens is 1. The second-order valence-corrected chi connectivity index (χ2v) is 5.82. The predicted octanol–water partition coefficient (Wildman–Crippen LogP) is 4.86. The van der Waals surface area contributed by atoms with Gasteiger partial charge in [-0.15, -0.1) is 0 Å². The molecule has 0 spiro atoms. The Morgan fingerprint density at radius 2 is 2.00 bits per heavy atom. The van der Waals surface area contributed by atoms with E-state index >= 15 is 0 Å². The van der Waals surface area contributed by atoms with Crippen molar-refractivity contribution in [1.29, 1.82) is 0 Å². The number of ether oxygens (including phenoxy) is 1. The molecule has 0 saturated heterocycles. The van der Waals surface area contributed by atoms with Crippen LogP contribution in [-0.4, -0.2) is 6.61 Å². The molecule has 0 fully saturated rings. The number of hydrogen-bond donors (Lipinski definition) is 1. The molecular formula is C18H20BrNO. The molecule has 1 atom stereocenters. The molecule has 1 N–H and O–H groups in total. The molecule has 0 amide bonds. The van der Waals surface area contributed by atoms with Gasteiger partial charge in [-0.1, -0.05) is 52.9 Å². The Kier molecular flexibility index (Phi) is 6.03. The van der Waals surface area contributed by atoms with Gasteiger partial charge in [0.15, 0.2) is 0 Å². The Bertz CT molecular complexity index is 580. The van der Waals surface area contributed by atoms with Gasteiger partial charge in [-0.25, -0.2) is 0 Å². The van der Waals surface area contributed by atoms with Crippen molar-refractivity contribution < 1.29 is 4.74 Å². The molecule has 0 aliphatic carbocycles. The third-order valence-corrected chi connectivity index (χ3v) is 3.75. The summed E-state index contributed by atoms with van der Waals surface area (Å²) in [7, 11) is 0. The van der Waals surface area contributed by atoms with Gasteiger partial charge in [0.1, 0.15) is 12.4 Å². The van der Waals surface area contributed by atoms with Crippen LogP contribution in [-0.2, 0) is 6.54 Å². The highest BCUT2D eigenvalue weighted by Gasteiger charge is 2.05. The lowest BCUT2D eigenvalue weighted by atomic mass is 10.1. The minimum Gasteiger partial charge on any atom is -0.490 e. The summed E-state index contributed by atoms with van der Waals surface area (Å²) in [6, 6.07) is 16.8. The summed E-state index contributed by atoms with van der Waals surface area (Å²) in [6.45, 7) is 7.18. The van der Waals surface area contributed by atoms with E-state index in [0.29, 0.717) is 12.6 Å². The van der Waals surface area contributed by atoms with Crippen molar-refractivity contribution in [2.45, 2.75) is 19.5 Å². The van der Waals surface area contributed by atoms with Crippen LogP contribution in [0.2, 0.25) is 0 Å². The highest BCUT2D eigenvalue weighted by atomic mass is 79.9. The van der Waals surface area contributed by atoms with Crippen molar-refractivity contribution in [3.8, 4) is 5.75 Å². The van der Waals surface area contributed by atoms with Crippen molar-refractivity contribution >= 4 is 15.9 Å². The van der Waals surface area contributed by atoms with Crippen LogP contribution in [0.4, 0.5) is 0 Å². The van der Waals surface area contributed by atoms with E-state index in [9.17, 15) is 0 Å². The fraction of sp³-hybridized carbons (Fsp3) is 0.222. The Morgan fingerprint density at radius 1 is 1.24 bits per heavy atom. The minimum atomic E-state index is 0.305. The van der Waals surface area contributed by atoms with Gasteiger partial charge in [0.25, 0.3) is 0 Å². The van der Waals surface area contributed by atoms with Crippen molar-refractivity contribution in [2.75, 3.05) is 6.61 Å². The van der Waals surface area contributed by atoms with E-state index in [2.05, 4.69) is 65.1 Å². The zero-order chi connectivity index (χ0) is 15.1. The van der Waals surface area contributed by atoms with Crippen LogP contribution in [0, 0.1) is 0 Å². The van der Waals surface area contributed by atoms with Gasteiger partial charge in [-0.05, 0) is 42.3 Å². The van der Waals surface area contributed by atoms with E-state index in [1.807, 2.05) is 18.2 Å². The maximum absolute atomic E-state index is 5.47. The lowest BCUT2D eigenvalue weighted by Crippen LogP contribution is -2.18. The second-order valence-electron chi connectivity index (χ2n) is 4.90. The quantitative estimate of drug-likeness (QED) is 0.723. The summed E-state index contributed by atoms with van der Waals surface area (Å²) in [5.74, 6) is 0.874. The van der Waals surface area contributed by atoms with Crippen LogP contribution in [0.15, 0.2) is 65.7 Å². The van der Waals surface area contributed by atoms with Crippen molar-refractivity contribution in [3.05, 3.63) is 76.8 Å². The zero-order valence-electron chi connectivity index (χ0n) is 12.2. The minimum absolute atomic E-state index is 0.305. The standard InChI is InChI=1S/C18H20BrNO/c1-3-11-21-18-9-7-15(8-10-18)13-20-14(2)16-5-4-6-17(19)12-16/h3-10,12,14,20H,1,11,13H2,2H3. The fourth-order valence-electron chi connectivity index (χ4n) is 2.02. The maximum Gasteiger partial charge on any atom is 0.119 e. The molecule has 0 radical (unpaired) electrons. The first kappa shape index (κ1) is 15.8. The molecular weight excluding hydrogens is 326 g/mol.